The zero-order chi connectivity index (χ0) is 25.1. The molecule has 0 aliphatic rings. The number of amides is 1. The first-order valence-corrected chi connectivity index (χ1v) is 13.2. The number of sulfonamides is 2. The Morgan fingerprint density at radius 3 is 2.06 bits per heavy atom. The highest BCUT2D eigenvalue weighted by atomic mass is 35.5. The second-order valence-electron chi connectivity index (χ2n) is 7.04. The Balaban J connectivity index is 1.90. The van der Waals surface area contributed by atoms with E-state index in [0.29, 0.717) is 5.02 Å². The Morgan fingerprint density at radius 1 is 0.912 bits per heavy atom. The molecule has 0 heterocycles. The van der Waals surface area contributed by atoms with Crippen LogP contribution < -0.4 is 10.5 Å². The Kier molecular flexibility index (Phi) is 7.96. The van der Waals surface area contributed by atoms with Crippen molar-refractivity contribution in [3.63, 3.8) is 0 Å². The van der Waals surface area contributed by atoms with Crippen molar-refractivity contribution >= 4 is 54.8 Å². The van der Waals surface area contributed by atoms with E-state index in [4.69, 9.17) is 28.3 Å². The van der Waals surface area contributed by atoms with E-state index in [9.17, 15) is 26.0 Å². The van der Waals surface area contributed by atoms with Gasteiger partial charge in [-0.05, 0) is 60.7 Å². The molecule has 3 aromatic carbocycles. The van der Waals surface area contributed by atoms with Gasteiger partial charge in [0.25, 0.3) is 0 Å². The SMILES string of the molecule is NS(=O)(=O)c1ccc(NC(=O)CN(Cc2c(F)cccc2Cl)S(=O)(=O)c2ccc(Cl)cc2)cc1. The molecule has 0 saturated carbocycles. The molecule has 13 heteroatoms. The number of nitrogens with one attached hydrogen (secondary N) is 1. The van der Waals surface area contributed by atoms with Gasteiger partial charge in [0, 0.05) is 27.8 Å². The summed E-state index contributed by atoms with van der Waals surface area (Å²) < 4.78 is 64.5. The lowest BCUT2D eigenvalue weighted by atomic mass is 10.2. The number of carbonyl (C=O) groups is 1. The first-order valence-electron chi connectivity index (χ1n) is 9.49. The zero-order valence-corrected chi connectivity index (χ0v) is 20.4. The van der Waals surface area contributed by atoms with Gasteiger partial charge < -0.3 is 5.32 Å². The molecule has 0 bridgehead atoms. The van der Waals surface area contributed by atoms with Crippen molar-refractivity contribution in [2.75, 3.05) is 11.9 Å². The molecule has 0 unspecified atom stereocenters. The lowest BCUT2D eigenvalue weighted by molar-refractivity contribution is -0.116. The molecule has 0 aliphatic carbocycles. The Morgan fingerprint density at radius 2 is 1.50 bits per heavy atom. The second-order valence-corrected chi connectivity index (χ2v) is 11.4. The van der Waals surface area contributed by atoms with Gasteiger partial charge in [-0.15, -0.1) is 0 Å². The number of rotatable bonds is 8. The van der Waals surface area contributed by atoms with Gasteiger partial charge in [-0.25, -0.2) is 26.4 Å². The molecular weight excluding hydrogens is 528 g/mol. The number of benzene rings is 3. The van der Waals surface area contributed by atoms with Crippen LogP contribution in [-0.2, 0) is 31.4 Å². The molecule has 0 atom stereocenters. The number of halogens is 3. The normalized spacial score (nSPS) is 12.0. The average Bonchev–Trinajstić information content (AvgIpc) is 2.75. The van der Waals surface area contributed by atoms with E-state index >= 15 is 0 Å². The largest absolute Gasteiger partial charge is 0.325 e. The van der Waals surface area contributed by atoms with Crippen molar-refractivity contribution in [1.29, 1.82) is 0 Å². The van der Waals surface area contributed by atoms with Gasteiger partial charge in [0.2, 0.25) is 26.0 Å². The first-order chi connectivity index (χ1) is 15.9. The van der Waals surface area contributed by atoms with E-state index in [0.717, 1.165) is 10.4 Å². The van der Waals surface area contributed by atoms with Crippen LogP contribution >= 0.6 is 23.2 Å². The van der Waals surface area contributed by atoms with Crippen LogP contribution in [0, 0.1) is 5.82 Å². The van der Waals surface area contributed by atoms with Crippen molar-refractivity contribution in [3.05, 3.63) is 88.2 Å². The molecule has 3 aromatic rings. The van der Waals surface area contributed by atoms with E-state index in [1.54, 1.807) is 0 Å². The van der Waals surface area contributed by atoms with Crippen LogP contribution in [0.3, 0.4) is 0 Å². The van der Waals surface area contributed by atoms with E-state index < -0.39 is 44.9 Å². The fraction of sp³-hybridized carbons (Fsp3) is 0.0952. The molecule has 34 heavy (non-hydrogen) atoms. The summed E-state index contributed by atoms with van der Waals surface area (Å²) in [5.74, 6) is -1.49. The number of hydrogen-bond acceptors (Lipinski definition) is 5. The summed E-state index contributed by atoms with van der Waals surface area (Å²) >= 11 is 11.9. The Labute approximate surface area is 206 Å². The molecule has 3 rings (SSSR count). The lowest BCUT2D eigenvalue weighted by Gasteiger charge is -2.23. The quantitative estimate of drug-likeness (QED) is 0.447. The number of carbonyl (C=O) groups excluding carboxylic acids is 1. The summed E-state index contributed by atoms with van der Waals surface area (Å²) in [5, 5.41) is 7.82. The smallest absolute Gasteiger partial charge is 0.243 e. The van der Waals surface area contributed by atoms with Crippen molar-refractivity contribution in [3.8, 4) is 0 Å². The van der Waals surface area contributed by atoms with Gasteiger partial charge >= 0.3 is 0 Å². The summed E-state index contributed by atoms with van der Waals surface area (Å²) in [6.45, 7) is -1.21. The van der Waals surface area contributed by atoms with E-state index in [1.807, 2.05) is 0 Å². The Hall–Kier alpha value is -2.54. The molecule has 3 N–H and O–H groups in total. The summed E-state index contributed by atoms with van der Waals surface area (Å²) in [7, 11) is -8.19. The van der Waals surface area contributed by atoms with Crippen LogP contribution in [0.5, 0.6) is 0 Å². The minimum absolute atomic E-state index is 0.00435. The van der Waals surface area contributed by atoms with Crippen LogP contribution in [0.1, 0.15) is 5.56 Å². The third kappa shape index (κ3) is 6.32. The minimum Gasteiger partial charge on any atom is -0.325 e. The molecule has 0 radical (unpaired) electrons. The Bertz CT molecular complexity index is 1400. The summed E-state index contributed by atoms with van der Waals surface area (Å²) in [6, 6.07) is 14.1. The van der Waals surface area contributed by atoms with Crippen LogP contribution in [0.2, 0.25) is 10.0 Å². The van der Waals surface area contributed by atoms with Gasteiger partial charge in [0.1, 0.15) is 5.82 Å². The fourth-order valence-corrected chi connectivity index (χ4v) is 5.16. The van der Waals surface area contributed by atoms with Crippen LogP contribution in [0.4, 0.5) is 10.1 Å². The number of nitrogens with zero attached hydrogens (tertiary/aromatic N) is 1. The second kappa shape index (κ2) is 10.4. The molecule has 0 aliphatic heterocycles. The highest BCUT2D eigenvalue weighted by Crippen LogP contribution is 2.25. The van der Waals surface area contributed by atoms with E-state index in [1.165, 1.54) is 60.7 Å². The fourth-order valence-electron chi connectivity index (χ4n) is 2.93. The monoisotopic (exact) mass is 545 g/mol. The molecular formula is C21H18Cl2FN3O5S2. The van der Waals surface area contributed by atoms with E-state index in [-0.39, 0.29) is 26.1 Å². The molecule has 0 spiro atoms. The molecule has 0 saturated heterocycles. The maximum atomic E-state index is 14.4. The predicted molar refractivity (Wildman–Crippen MR) is 127 cm³/mol. The third-order valence-electron chi connectivity index (χ3n) is 4.63. The van der Waals surface area contributed by atoms with Crippen LogP contribution in [0.25, 0.3) is 0 Å². The van der Waals surface area contributed by atoms with E-state index in [2.05, 4.69) is 5.32 Å². The third-order valence-corrected chi connectivity index (χ3v) is 7.98. The highest BCUT2D eigenvalue weighted by molar-refractivity contribution is 7.89. The molecule has 1 amide bonds. The average molecular weight is 546 g/mol. The number of anilines is 1. The summed E-state index contributed by atoms with van der Waals surface area (Å²) in [5.41, 5.74) is 0.0946. The summed E-state index contributed by atoms with van der Waals surface area (Å²) in [6.07, 6.45) is 0. The van der Waals surface area contributed by atoms with Crippen LogP contribution in [0.15, 0.2) is 76.5 Å². The lowest BCUT2D eigenvalue weighted by Crippen LogP contribution is -2.37. The molecule has 0 fully saturated rings. The molecule has 180 valence electrons. The van der Waals surface area contributed by atoms with Crippen molar-refractivity contribution in [2.24, 2.45) is 5.14 Å². The number of hydrogen-bond donors (Lipinski definition) is 2. The molecule has 8 nitrogen and oxygen atoms in total. The minimum atomic E-state index is -4.27. The van der Waals surface area contributed by atoms with Gasteiger partial charge in [-0.2, -0.15) is 4.31 Å². The summed E-state index contributed by atoms with van der Waals surface area (Å²) in [4.78, 5) is 12.4. The predicted octanol–water partition coefficient (Wildman–Crippen LogP) is 3.61. The first kappa shape index (κ1) is 26.1. The standard InChI is InChI=1S/C21H18Cl2FN3O5S2/c22-14-4-8-17(9-5-14)34(31,32)27(12-18-19(23)2-1-3-20(18)24)13-21(28)26-15-6-10-16(11-7-15)33(25,29)30/h1-11H,12-13H2,(H,26,28)(H2,25,29,30). The highest BCUT2D eigenvalue weighted by Gasteiger charge is 2.28. The van der Waals surface area contributed by atoms with Crippen molar-refractivity contribution < 1.29 is 26.0 Å². The molecule has 0 aromatic heterocycles. The van der Waals surface area contributed by atoms with Crippen molar-refractivity contribution in [2.45, 2.75) is 16.3 Å². The number of primary sulfonamides is 1. The topological polar surface area (TPSA) is 127 Å². The number of nitrogens with two attached hydrogens (primary N) is 1. The van der Waals surface area contributed by atoms with Gasteiger partial charge in [-0.1, -0.05) is 29.3 Å². The van der Waals surface area contributed by atoms with Gasteiger partial charge in [-0.3, -0.25) is 4.79 Å². The van der Waals surface area contributed by atoms with Crippen molar-refractivity contribution in [1.82, 2.24) is 4.31 Å². The van der Waals surface area contributed by atoms with Crippen LogP contribution in [-0.4, -0.2) is 33.6 Å². The maximum Gasteiger partial charge on any atom is 0.243 e. The maximum absolute atomic E-state index is 14.4. The van der Waals surface area contributed by atoms with Gasteiger partial charge in [0.15, 0.2) is 0 Å². The van der Waals surface area contributed by atoms with Gasteiger partial charge in [0.05, 0.1) is 16.3 Å². The zero-order valence-electron chi connectivity index (χ0n) is 17.3.